The summed E-state index contributed by atoms with van der Waals surface area (Å²) in [5.74, 6) is 0.211. The Labute approximate surface area is 123 Å². The van der Waals surface area contributed by atoms with Crippen molar-refractivity contribution in [3.63, 3.8) is 0 Å². The monoisotopic (exact) mass is 286 g/mol. The summed E-state index contributed by atoms with van der Waals surface area (Å²) in [6, 6.07) is 6.67. The molecule has 0 radical (unpaired) electrons. The highest BCUT2D eigenvalue weighted by molar-refractivity contribution is 6.00. The van der Waals surface area contributed by atoms with Gasteiger partial charge in [-0.1, -0.05) is 26.0 Å². The molecule has 0 saturated carbocycles. The van der Waals surface area contributed by atoms with E-state index in [1.54, 1.807) is 24.3 Å². The zero-order valence-corrected chi connectivity index (χ0v) is 12.2. The molecule has 3 rings (SSSR count). The van der Waals surface area contributed by atoms with Gasteiger partial charge in [-0.25, -0.2) is 0 Å². The second-order valence-corrected chi connectivity index (χ2v) is 6.60. The second-order valence-electron chi connectivity index (χ2n) is 6.60. The van der Waals surface area contributed by atoms with E-state index in [4.69, 9.17) is 4.74 Å². The molecule has 0 saturated heterocycles. The molecule has 0 aromatic heterocycles. The highest BCUT2D eigenvalue weighted by atomic mass is 16.5. The molecule has 1 aromatic carbocycles. The van der Waals surface area contributed by atoms with Crippen LogP contribution in [0.1, 0.15) is 44.6 Å². The molecular weight excluding hydrogens is 268 g/mol. The number of Topliss-reactive ketones (excluding diaryl/α,β-unsaturated/α-hetero) is 1. The molecule has 4 heteroatoms. The molecule has 0 amide bonds. The number of hydrogen-bond donors (Lipinski definition) is 1. The largest absolute Gasteiger partial charge is 0.508 e. The van der Waals surface area contributed by atoms with Crippen LogP contribution in [0.15, 0.2) is 35.6 Å². The molecule has 0 bridgehead atoms. The van der Waals surface area contributed by atoms with Crippen molar-refractivity contribution in [1.82, 2.24) is 0 Å². The SMILES string of the molecule is CC1(C)CC(=O)C2=C(C1)OC(=O)C[C@H]2c1ccc(O)cc1. The average molecular weight is 286 g/mol. The number of aromatic hydroxyl groups is 1. The van der Waals surface area contributed by atoms with Crippen LogP contribution < -0.4 is 0 Å². The van der Waals surface area contributed by atoms with Crippen molar-refractivity contribution in [1.29, 1.82) is 0 Å². The number of phenolic OH excluding ortho intramolecular Hbond substituents is 1. The van der Waals surface area contributed by atoms with Crippen LogP contribution in [0.2, 0.25) is 0 Å². The fourth-order valence-electron chi connectivity index (χ4n) is 3.20. The van der Waals surface area contributed by atoms with Crippen LogP contribution in [0.5, 0.6) is 5.75 Å². The third kappa shape index (κ3) is 2.58. The first kappa shape index (κ1) is 13.9. The van der Waals surface area contributed by atoms with Gasteiger partial charge in [-0.2, -0.15) is 0 Å². The fraction of sp³-hybridized carbons (Fsp3) is 0.412. The number of hydrogen-bond acceptors (Lipinski definition) is 4. The number of esters is 1. The fourth-order valence-corrected chi connectivity index (χ4v) is 3.20. The van der Waals surface area contributed by atoms with Gasteiger partial charge >= 0.3 is 5.97 Å². The van der Waals surface area contributed by atoms with Crippen molar-refractivity contribution in [2.75, 3.05) is 0 Å². The summed E-state index contributed by atoms with van der Waals surface area (Å²) in [7, 11) is 0. The molecule has 110 valence electrons. The van der Waals surface area contributed by atoms with Crippen LogP contribution in [0, 0.1) is 5.41 Å². The highest BCUT2D eigenvalue weighted by Gasteiger charge is 2.41. The standard InChI is InChI=1S/C17H18O4/c1-17(2)8-13(19)16-12(7-15(20)21-14(16)9-17)10-3-5-11(18)6-4-10/h3-6,12,18H,7-9H2,1-2H3/t12-/m0/s1. The van der Waals surface area contributed by atoms with Crippen LogP contribution in [0.4, 0.5) is 0 Å². The Bertz CT molecular complexity index is 637. The lowest BCUT2D eigenvalue weighted by atomic mass is 9.71. The van der Waals surface area contributed by atoms with E-state index < -0.39 is 0 Å². The van der Waals surface area contributed by atoms with Crippen molar-refractivity contribution >= 4 is 11.8 Å². The van der Waals surface area contributed by atoms with Gasteiger partial charge in [-0.3, -0.25) is 9.59 Å². The normalized spacial score (nSPS) is 24.6. The first-order valence-electron chi connectivity index (χ1n) is 7.11. The van der Waals surface area contributed by atoms with Gasteiger partial charge in [0.1, 0.15) is 11.5 Å². The predicted octanol–water partition coefficient (Wildman–Crippen LogP) is 3.07. The lowest BCUT2D eigenvalue weighted by Gasteiger charge is -2.36. The van der Waals surface area contributed by atoms with Crippen LogP contribution in [0.25, 0.3) is 0 Å². The maximum Gasteiger partial charge on any atom is 0.311 e. The van der Waals surface area contributed by atoms with E-state index in [0.717, 1.165) is 5.56 Å². The van der Waals surface area contributed by atoms with E-state index >= 15 is 0 Å². The molecule has 0 unspecified atom stereocenters. The molecule has 1 aliphatic heterocycles. The summed E-state index contributed by atoms with van der Waals surface area (Å²) < 4.78 is 5.34. The minimum atomic E-state index is -0.294. The van der Waals surface area contributed by atoms with Crippen molar-refractivity contribution in [3.05, 3.63) is 41.2 Å². The number of rotatable bonds is 1. The summed E-state index contributed by atoms with van der Waals surface area (Å²) >= 11 is 0. The Morgan fingerprint density at radius 2 is 1.81 bits per heavy atom. The Balaban J connectivity index is 2.06. The van der Waals surface area contributed by atoms with E-state index in [1.807, 2.05) is 13.8 Å². The Morgan fingerprint density at radius 3 is 2.48 bits per heavy atom. The predicted molar refractivity (Wildman–Crippen MR) is 76.6 cm³/mol. The minimum Gasteiger partial charge on any atom is -0.508 e. The summed E-state index contributed by atoms with van der Waals surface area (Å²) in [6.07, 6.45) is 1.25. The number of carbonyl (C=O) groups excluding carboxylic acids is 2. The number of phenols is 1. The number of ketones is 1. The molecule has 4 nitrogen and oxygen atoms in total. The molecular formula is C17H18O4. The molecule has 1 aromatic rings. The van der Waals surface area contributed by atoms with Gasteiger partial charge in [0.05, 0.1) is 6.42 Å². The Morgan fingerprint density at radius 1 is 1.14 bits per heavy atom. The molecule has 1 heterocycles. The quantitative estimate of drug-likeness (QED) is 0.806. The van der Waals surface area contributed by atoms with E-state index in [0.29, 0.717) is 24.2 Å². The molecule has 0 spiro atoms. The van der Waals surface area contributed by atoms with Gasteiger partial charge < -0.3 is 9.84 Å². The van der Waals surface area contributed by atoms with Gasteiger partial charge in [0.15, 0.2) is 5.78 Å². The van der Waals surface area contributed by atoms with Crippen molar-refractivity contribution in [3.8, 4) is 5.75 Å². The van der Waals surface area contributed by atoms with E-state index in [9.17, 15) is 14.7 Å². The van der Waals surface area contributed by atoms with Crippen LogP contribution >= 0.6 is 0 Å². The Kier molecular flexibility index (Phi) is 3.12. The van der Waals surface area contributed by atoms with Crippen LogP contribution in [-0.2, 0) is 14.3 Å². The smallest absolute Gasteiger partial charge is 0.311 e. The molecule has 0 fully saturated rings. The summed E-state index contributed by atoms with van der Waals surface area (Å²) in [4.78, 5) is 24.4. The van der Waals surface area contributed by atoms with Gasteiger partial charge in [0, 0.05) is 24.3 Å². The lowest BCUT2D eigenvalue weighted by molar-refractivity contribution is -0.142. The van der Waals surface area contributed by atoms with Crippen LogP contribution in [-0.4, -0.2) is 16.9 Å². The highest BCUT2D eigenvalue weighted by Crippen LogP contribution is 2.45. The maximum absolute atomic E-state index is 12.5. The number of ether oxygens (including phenoxy) is 1. The van der Waals surface area contributed by atoms with E-state index in [1.165, 1.54) is 0 Å². The molecule has 1 aliphatic carbocycles. The minimum absolute atomic E-state index is 0.0619. The third-order valence-corrected chi connectivity index (χ3v) is 4.13. The summed E-state index contributed by atoms with van der Waals surface area (Å²) in [6.45, 7) is 4.01. The third-order valence-electron chi connectivity index (χ3n) is 4.13. The Hall–Kier alpha value is -2.10. The second kappa shape index (κ2) is 4.72. The summed E-state index contributed by atoms with van der Waals surface area (Å²) in [5.41, 5.74) is 1.33. The van der Waals surface area contributed by atoms with Gasteiger partial charge in [-0.05, 0) is 23.1 Å². The van der Waals surface area contributed by atoms with Crippen molar-refractivity contribution in [2.24, 2.45) is 5.41 Å². The average Bonchev–Trinajstić information content (AvgIpc) is 2.36. The number of carbonyl (C=O) groups is 2. The number of benzene rings is 1. The van der Waals surface area contributed by atoms with Crippen molar-refractivity contribution < 1.29 is 19.4 Å². The topological polar surface area (TPSA) is 63.6 Å². The first-order valence-corrected chi connectivity index (χ1v) is 7.11. The van der Waals surface area contributed by atoms with Gasteiger partial charge in [0.25, 0.3) is 0 Å². The number of allylic oxidation sites excluding steroid dienone is 2. The zero-order valence-electron chi connectivity index (χ0n) is 12.2. The lowest BCUT2D eigenvalue weighted by Crippen LogP contribution is -2.33. The van der Waals surface area contributed by atoms with Crippen molar-refractivity contribution in [2.45, 2.75) is 39.0 Å². The molecule has 1 atom stereocenters. The van der Waals surface area contributed by atoms with E-state index in [-0.39, 0.29) is 35.3 Å². The van der Waals surface area contributed by atoms with Gasteiger partial charge in [0.2, 0.25) is 0 Å². The molecule has 21 heavy (non-hydrogen) atoms. The zero-order chi connectivity index (χ0) is 15.2. The van der Waals surface area contributed by atoms with E-state index in [2.05, 4.69) is 0 Å². The first-order chi connectivity index (χ1) is 9.85. The maximum atomic E-state index is 12.5. The molecule has 2 aliphatic rings. The van der Waals surface area contributed by atoms with Crippen LogP contribution in [0.3, 0.4) is 0 Å². The molecule has 1 N–H and O–H groups in total. The van der Waals surface area contributed by atoms with Gasteiger partial charge in [-0.15, -0.1) is 0 Å². The summed E-state index contributed by atoms with van der Waals surface area (Å²) in [5, 5.41) is 9.39.